The van der Waals surface area contributed by atoms with Crippen molar-refractivity contribution in [1.29, 1.82) is 0 Å². The Balaban J connectivity index is 1.86. The molecule has 1 unspecified atom stereocenters. The van der Waals surface area contributed by atoms with Crippen LogP contribution < -0.4 is 9.05 Å². The van der Waals surface area contributed by atoms with Crippen LogP contribution in [0, 0.1) is 20.8 Å². The Bertz CT molecular complexity index is 600. The van der Waals surface area contributed by atoms with Crippen LogP contribution in [0.25, 0.3) is 0 Å². The molecule has 2 aromatic carbocycles. The molecule has 1 atom stereocenters. The highest BCUT2D eigenvalue weighted by atomic mass is 31.1. The minimum absolute atomic E-state index is 0.0386. The van der Waals surface area contributed by atoms with Gasteiger partial charge in [0.1, 0.15) is 11.5 Å². The summed E-state index contributed by atoms with van der Waals surface area (Å²) in [7, 11) is 0.597. The van der Waals surface area contributed by atoms with Crippen LogP contribution in [-0.4, -0.2) is 0 Å². The first kappa shape index (κ1) is 15.0. The third-order valence-electron chi connectivity index (χ3n) is 3.14. The molecule has 0 bridgehead atoms. The van der Waals surface area contributed by atoms with Crippen LogP contribution in [0.4, 0.5) is 0 Å². The summed E-state index contributed by atoms with van der Waals surface area (Å²) in [5.41, 5.74) is 3.72. The molecule has 0 aromatic heterocycles. The van der Waals surface area contributed by atoms with Crippen LogP contribution in [-0.2, 0) is 0 Å². The molecule has 0 N–H and O–H groups in total. The largest absolute Gasteiger partial charge is 0.453 e. The molecule has 0 radical (unpaired) electrons. The first-order valence-electron chi connectivity index (χ1n) is 6.29. The second kappa shape index (κ2) is 7.38. The topological polar surface area (TPSA) is 30.8 Å². The average molecular weight is 305 g/mol. The van der Waals surface area contributed by atoms with Crippen molar-refractivity contribution < 1.29 is 9.05 Å². The molecule has 2 rings (SSSR count). The van der Waals surface area contributed by atoms with Gasteiger partial charge in [0.25, 0.3) is 0 Å². The highest BCUT2D eigenvalue weighted by Crippen LogP contribution is 2.31. The molecule has 0 aliphatic carbocycles. The Morgan fingerprint density at radius 3 is 2.45 bits per heavy atom. The molecule has 3 nitrogen and oxygen atoms in total. The standard InChI is InChI=1S/C15H17NO2P2/c1-11-9-10-15(13(3)12(11)2)18-20-16-19-17-14-7-5-4-6-8-14/h4-10,20H,1-3H3. The van der Waals surface area contributed by atoms with Crippen molar-refractivity contribution in [1.82, 2.24) is 0 Å². The van der Waals surface area contributed by atoms with Crippen molar-refractivity contribution in [2.24, 2.45) is 4.52 Å². The van der Waals surface area contributed by atoms with Crippen molar-refractivity contribution in [3.05, 3.63) is 59.2 Å². The SMILES string of the molecule is Cc1ccc(OPN=POc2ccccc2)c(C)c1C. The van der Waals surface area contributed by atoms with Crippen LogP contribution in [0.15, 0.2) is 47.0 Å². The van der Waals surface area contributed by atoms with Gasteiger partial charge in [-0.25, -0.2) is 0 Å². The van der Waals surface area contributed by atoms with Gasteiger partial charge in [-0.05, 0) is 55.7 Å². The lowest BCUT2D eigenvalue weighted by atomic mass is 10.0. The first-order valence-corrected chi connectivity index (χ1v) is 7.91. The zero-order valence-electron chi connectivity index (χ0n) is 11.8. The van der Waals surface area contributed by atoms with E-state index in [2.05, 4.69) is 31.4 Å². The highest BCUT2D eigenvalue weighted by molar-refractivity contribution is 7.39. The van der Waals surface area contributed by atoms with Crippen molar-refractivity contribution in [3.63, 3.8) is 0 Å². The molecule has 0 amide bonds. The highest BCUT2D eigenvalue weighted by Gasteiger charge is 2.04. The Hall–Kier alpha value is -1.43. The molecule has 20 heavy (non-hydrogen) atoms. The molecule has 0 aliphatic rings. The number of para-hydroxylation sites is 1. The van der Waals surface area contributed by atoms with Crippen molar-refractivity contribution in [2.45, 2.75) is 20.8 Å². The van der Waals surface area contributed by atoms with Crippen LogP contribution in [0.5, 0.6) is 11.5 Å². The van der Waals surface area contributed by atoms with Gasteiger partial charge in [-0.1, -0.05) is 24.3 Å². The summed E-state index contributed by atoms with van der Waals surface area (Å²) in [5, 5.41) is 0. The summed E-state index contributed by atoms with van der Waals surface area (Å²) in [5.74, 6) is 1.70. The van der Waals surface area contributed by atoms with Crippen LogP contribution in [0.2, 0.25) is 0 Å². The van der Waals surface area contributed by atoms with E-state index < -0.39 is 0 Å². The van der Waals surface area contributed by atoms with Gasteiger partial charge in [0.2, 0.25) is 17.6 Å². The maximum atomic E-state index is 5.68. The van der Waals surface area contributed by atoms with Gasteiger partial charge in [0.15, 0.2) is 0 Å². The number of aryl methyl sites for hydroxylation is 1. The number of benzene rings is 2. The second-order valence-electron chi connectivity index (χ2n) is 4.41. The molecular formula is C15H17NO2P2. The van der Waals surface area contributed by atoms with Gasteiger partial charge >= 0.3 is 0 Å². The van der Waals surface area contributed by atoms with Gasteiger partial charge < -0.3 is 9.05 Å². The minimum atomic E-state index is 0.0386. The fourth-order valence-corrected chi connectivity index (χ4v) is 2.67. The van der Waals surface area contributed by atoms with Crippen LogP contribution >= 0.6 is 17.6 Å². The Kier molecular flexibility index (Phi) is 5.52. The fraction of sp³-hybridized carbons (Fsp3) is 0.200. The lowest BCUT2D eigenvalue weighted by Crippen LogP contribution is -1.89. The van der Waals surface area contributed by atoms with E-state index in [1.807, 2.05) is 36.4 Å². The Morgan fingerprint density at radius 1 is 0.950 bits per heavy atom. The molecular weight excluding hydrogens is 288 g/mol. The van der Waals surface area contributed by atoms with Gasteiger partial charge in [0, 0.05) is 0 Å². The summed E-state index contributed by atoms with van der Waals surface area (Å²) >= 11 is 0. The molecule has 0 saturated carbocycles. The Morgan fingerprint density at radius 2 is 1.70 bits per heavy atom. The van der Waals surface area contributed by atoms with Crippen LogP contribution in [0.3, 0.4) is 0 Å². The summed E-state index contributed by atoms with van der Waals surface area (Å²) in [6, 6.07) is 13.7. The smallest absolute Gasteiger partial charge is 0.249 e. The molecule has 5 heteroatoms. The molecule has 0 heterocycles. The lowest BCUT2D eigenvalue weighted by molar-refractivity contribution is 0.621. The summed E-state index contributed by atoms with van der Waals surface area (Å²) < 4.78 is 15.3. The normalized spacial score (nSPS) is 11.3. The first-order chi connectivity index (χ1) is 9.68. The van der Waals surface area contributed by atoms with Crippen molar-refractivity contribution in [2.75, 3.05) is 0 Å². The van der Waals surface area contributed by atoms with E-state index >= 15 is 0 Å². The maximum Gasteiger partial charge on any atom is 0.249 e. The molecule has 0 fully saturated rings. The fourth-order valence-electron chi connectivity index (χ4n) is 1.68. The van der Waals surface area contributed by atoms with Crippen molar-refractivity contribution >= 4 is 17.6 Å². The van der Waals surface area contributed by atoms with E-state index in [0.29, 0.717) is 8.60 Å². The zero-order chi connectivity index (χ0) is 14.4. The number of hydrogen-bond donors (Lipinski definition) is 0. The van der Waals surface area contributed by atoms with Gasteiger partial charge in [-0.15, -0.1) is 0 Å². The van der Waals surface area contributed by atoms with Crippen LogP contribution in [0.1, 0.15) is 16.7 Å². The minimum Gasteiger partial charge on any atom is -0.453 e. The summed E-state index contributed by atoms with van der Waals surface area (Å²) in [4.78, 5) is 0. The van der Waals surface area contributed by atoms with Gasteiger partial charge in [0.05, 0.1) is 0 Å². The van der Waals surface area contributed by atoms with Gasteiger partial charge in [-0.2, -0.15) is 4.52 Å². The van der Waals surface area contributed by atoms with E-state index in [1.165, 1.54) is 16.7 Å². The third kappa shape index (κ3) is 4.03. The van der Waals surface area contributed by atoms with E-state index in [1.54, 1.807) is 0 Å². The van der Waals surface area contributed by atoms with E-state index in [4.69, 9.17) is 9.05 Å². The molecule has 0 saturated heterocycles. The number of rotatable bonds is 5. The van der Waals surface area contributed by atoms with E-state index in [-0.39, 0.29) is 8.96 Å². The molecule has 0 spiro atoms. The van der Waals surface area contributed by atoms with Crippen molar-refractivity contribution in [3.8, 4) is 11.5 Å². The predicted octanol–water partition coefficient (Wildman–Crippen LogP) is 5.62. The third-order valence-corrected chi connectivity index (χ3v) is 4.39. The maximum absolute atomic E-state index is 5.68. The van der Waals surface area contributed by atoms with E-state index in [0.717, 1.165) is 11.5 Å². The summed E-state index contributed by atoms with van der Waals surface area (Å²) in [6.07, 6.45) is 0. The summed E-state index contributed by atoms with van der Waals surface area (Å²) in [6.45, 7) is 6.28. The number of hydrogen-bond acceptors (Lipinski definition) is 3. The quantitative estimate of drug-likeness (QED) is 0.671. The molecule has 2 aromatic rings. The van der Waals surface area contributed by atoms with E-state index in [9.17, 15) is 0 Å². The zero-order valence-corrected chi connectivity index (χ0v) is 13.6. The monoisotopic (exact) mass is 305 g/mol. The Labute approximate surface area is 123 Å². The lowest BCUT2D eigenvalue weighted by Gasteiger charge is -2.10. The average Bonchev–Trinajstić information content (AvgIpc) is 2.48. The second-order valence-corrected chi connectivity index (χ2v) is 5.94. The van der Waals surface area contributed by atoms with Gasteiger partial charge in [-0.3, -0.25) is 0 Å². The molecule has 104 valence electrons. The predicted molar refractivity (Wildman–Crippen MR) is 86.0 cm³/mol. The number of nitrogens with zero attached hydrogens (tertiary/aromatic N) is 1. The molecule has 0 aliphatic heterocycles.